The number of amides is 3. The molecule has 6 rings (SSSR count). The van der Waals surface area contributed by atoms with E-state index in [9.17, 15) is 29.1 Å². The second-order valence-corrected chi connectivity index (χ2v) is 11.5. The van der Waals surface area contributed by atoms with E-state index in [2.05, 4.69) is 10.3 Å². The summed E-state index contributed by atoms with van der Waals surface area (Å²) in [5.74, 6) is -3.82. The Bertz CT molecular complexity index is 1730. The number of H-pyrrole nitrogens is 1. The Hall–Kier alpha value is -4.42. The quantitative estimate of drug-likeness (QED) is 0.285. The van der Waals surface area contributed by atoms with Gasteiger partial charge in [-0.2, -0.15) is 0 Å². The molecule has 3 atom stereocenters. The lowest BCUT2D eigenvalue weighted by atomic mass is 9.83. The van der Waals surface area contributed by atoms with E-state index in [-0.39, 0.29) is 17.4 Å². The maximum atomic E-state index is 13.2. The van der Waals surface area contributed by atoms with Crippen molar-refractivity contribution >= 4 is 63.2 Å². The number of ether oxygens (including phenoxy) is 1. The molecule has 3 N–H and O–H groups in total. The second-order valence-electron chi connectivity index (χ2n) is 9.37. The third kappa shape index (κ3) is 4.75. The topological polar surface area (TPSA) is 146 Å². The number of thioether (sulfide) groups is 1. The molecule has 40 heavy (non-hydrogen) atoms. The van der Waals surface area contributed by atoms with Crippen LogP contribution in [0.3, 0.4) is 0 Å². The molecule has 1 aromatic heterocycles. The molecule has 4 aromatic rings. The van der Waals surface area contributed by atoms with Crippen LogP contribution in [0, 0.1) is 5.92 Å². The Labute approximate surface area is 235 Å². The average Bonchev–Trinajstić information content (AvgIpc) is 3.42. The van der Waals surface area contributed by atoms with E-state index >= 15 is 0 Å². The number of nitrogens with one attached hydrogen (secondary N) is 2. The van der Waals surface area contributed by atoms with Crippen molar-refractivity contribution in [2.24, 2.45) is 5.92 Å². The fraction of sp³-hybridized carbons (Fsp3) is 0.179. The van der Waals surface area contributed by atoms with Gasteiger partial charge < -0.3 is 20.1 Å². The predicted molar refractivity (Wildman–Crippen MR) is 149 cm³/mol. The van der Waals surface area contributed by atoms with Gasteiger partial charge in [-0.3, -0.25) is 28.9 Å². The maximum Gasteiger partial charge on any atom is 0.323 e. The van der Waals surface area contributed by atoms with Gasteiger partial charge in [-0.1, -0.05) is 65.6 Å². The standard InChI is InChI=1S/C28H21N3O7S2/c32-19(29-17-8-5-14-3-1-2-4-16(14)11-17)13-38-18-9-6-15(7-10-18)21-22-24(39-25-23(21)40-28(37)30-25)27(36)31(26(22)35)12-20(33)34/h1-11,21-22,24H,12-13H2,(H,29,32)(H,30,37)(H,33,34)/t21-,22?,24?/m1/s1. The Balaban J connectivity index is 1.18. The van der Waals surface area contributed by atoms with E-state index in [1.165, 1.54) is 0 Å². The molecule has 0 radical (unpaired) electrons. The van der Waals surface area contributed by atoms with E-state index < -0.39 is 41.4 Å². The normalized spacial score (nSPS) is 19.8. The van der Waals surface area contributed by atoms with Crippen LogP contribution in [0.5, 0.6) is 5.75 Å². The van der Waals surface area contributed by atoms with Crippen LogP contribution in [0.2, 0.25) is 0 Å². The lowest BCUT2D eigenvalue weighted by Gasteiger charge is -2.29. The molecule has 10 nitrogen and oxygen atoms in total. The number of thiazole rings is 1. The van der Waals surface area contributed by atoms with E-state index in [1.54, 1.807) is 24.3 Å². The van der Waals surface area contributed by atoms with Crippen LogP contribution in [0.4, 0.5) is 5.69 Å². The highest BCUT2D eigenvalue weighted by Crippen LogP contribution is 2.52. The first-order valence-corrected chi connectivity index (χ1v) is 14.0. The highest BCUT2D eigenvalue weighted by molar-refractivity contribution is 8.00. The van der Waals surface area contributed by atoms with Crippen molar-refractivity contribution in [3.63, 3.8) is 0 Å². The van der Waals surface area contributed by atoms with Gasteiger partial charge >= 0.3 is 10.8 Å². The number of carbonyl (C=O) groups excluding carboxylic acids is 3. The highest BCUT2D eigenvalue weighted by Gasteiger charge is 2.56. The Kier molecular flexibility index (Phi) is 6.64. The Morgan fingerprint density at radius 2 is 1.73 bits per heavy atom. The monoisotopic (exact) mass is 575 g/mol. The number of fused-ring (bicyclic) bond motifs is 3. The number of anilines is 1. The van der Waals surface area contributed by atoms with Crippen LogP contribution in [0.1, 0.15) is 16.4 Å². The minimum absolute atomic E-state index is 0.225. The number of rotatable bonds is 7. The summed E-state index contributed by atoms with van der Waals surface area (Å²) in [5, 5.41) is 13.8. The van der Waals surface area contributed by atoms with Crippen molar-refractivity contribution in [2.45, 2.75) is 16.2 Å². The summed E-state index contributed by atoms with van der Waals surface area (Å²) < 4.78 is 5.66. The molecule has 3 heterocycles. The third-order valence-electron chi connectivity index (χ3n) is 6.85. The van der Waals surface area contributed by atoms with Gasteiger partial charge in [0.25, 0.3) is 5.91 Å². The van der Waals surface area contributed by atoms with Crippen molar-refractivity contribution in [3.05, 3.63) is 86.8 Å². The summed E-state index contributed by atoms with van der Waals surface area (Å²) in [5.41, 5.74) is 1.32. The molecule has 0 aliphatic carbocycles. The number of hydrogen-bond acceptors (Lipinski definition) is 8. The van der Waals surface area contributed by atoms with Gasteiger partial charge in [0, 0.05) is 16.5 Å². The van der Waals surface area contributed by atoms with E-state index in [1.807, 2.05) is 42.5 Å². The van der Waals surface area contributed by atoms with Gasteiger partial charge in [-0.25, -0.2) is 0 Å². The molecule has 2 unspecified atom stereocenters. The zero-order valence-electron chi connectivity index (χ0n) is 20.7. The number of aromatic nitrogens is 1. The number of nitrogens with zero attached hydrogens (tertiary/aromatic N) is 1. The van der Waals surface area contributed by atoms with Gasteiger partial charge in [0.05, 0.1) is 10.9 Å². The smallest absolute Gasteiger partial charge is 0.323 e. The number of likely N-dealkylation sites (tertiary alicyclic amines) is 1. The van der Waals surface area contributed by atoms with Crippen LogP contribution in [0.25, 0.3) is 10.8 Å². The van der Waals surface area contributed by atoms with Crippen molar-refractivity contribution < 1.29 is 29.0 Å². The molecule has 0 bridgehead atoms. The molecule has 3 aromatic carbocycles. The van der Waals surface area contributed by atoms with Gasteiger partial charge in [0.15, 0.2) is 6.61 Å². The number of imide groups is 1. The summed E-state index contributed by atoms with van der Waals surface area (Å²) in [6.07, 6.45) is 0. The lowest BCUT2D eigenvalue weighted by Crippen LogP contribution is -2.36. The number of aliphatic carboxylic acids is 1. The van der Waals surface area contributed by atoms with Crippen LogP contribution < -0.4 is 14.9 Å². The zero-order valence-corrected chi connectivity index (χ0v) is 22.3. The minimum Gasteiger partial charge on any atom is -0.484 e. The molecule has 202 valence electrons. The van der Waals surface area contributed by atoms with Crippen molar-refractivity contribution in [1.29, 1.82) is 0 Å². The molecular formula is C28H21N3O7S2. The van der Waals surface area contributed by atoms with E-state index in [0.29, 0.717) is 26.9 Å². The maximum absolute atomic E-state index is 13.2. The molecular weight excluding hydrogens is 554 g/mol. The fourth-order valence-corrected chi connectivity index (χ4v) is 7.65. The van der Waals surface area contributed by atoms with Crippen LogP contribution in [-0.2, 0) is 19.2 Å². The van der Waals surface area contributed by atoms with Crippen molar-refractivity contribution in [3.8, 4) is 5.75 Å². The summed E-state index contributed by atoms with van der Waals surface area (Å²) in [6, 6.07) is 20.2. The number of benzene rings is 3. The average molecular weight is 576 g/mol. The first-order valence-electron chi connectivity index (χ1n) is 12.3. The first kappa shape index (κ1) is 25.8. The molecule has 2 aliphatic heterocycles. The predicted octanol–water partition coefficient (Wildman–Crippen LogP) is 3.28. The Morgan fingerprint density at radius 1 is 0.975 bits per heavy atom. The summed E-state index contributed by atoms with van der Waals surface area (Å²) in [6.45, 7) is -0.937. The van der Waals surface area contributed by atoms with Crippen molar-refractivity contribution in [2.75, 3.05) is 18.5 Å². The SMILES string of the molecule is O=C(O)CN1C(=O)C2Sc3[nH]c(=O)sc3[C@H](c3ccc(OCC(=O)Nc4ccc5ccccc5c4)cc3)C2C1=O. The van der Waals surface area contributed by atoms with Gasteiger partial charge in [0.2, 0.25) is 11.8 Å². The van der Waals surface area contributed by atoms with Gasteiger partial charge in [-0.15, -0.1) is 0 Å². The molecule has 2 aliphatic rings. The van der Waals surface area contributed by atoms with Crippen LogP contribution >= 0.6 is 23.1 Å². The van der Waals surface area contributed by atoms with E-state index in [0.717, 1.165) is 38.8 Å². The fourth-order valence-electron chi connectivity index (χ4n) is 5.11. The van der Waals surface area contributed by atoms with Crippen molar-refractivity contribution in [1.82, 2.24) is 9.88 Å². The van der Waals surface area contributed by atoms with Gasteiger partial charge in [0.1, 0.15) is 17.5 Å². The molecule has 1 fully saturated rings. The number of carbonyl (C=O) groups is 4. The third-order valence-corrected chi connectivity index (χ3v) is 9.25. The molecule has 3 amide bonds. The first-order chi connectivity index (χ1) is 19.3. The summed E-state index contributed by atoms with van der Waals surface area (Å²) in [7, 11) is 0. The Morgan fingerprint density at radius 3 is 2.48 bits per heavy atom. The summed E-state index contributed by atoms with van der Waals surface area (Å²) in [4.78, 5) is 65.9. The molecule has 0 spiro atoms. The molecule has 0 saturated carbocycles. The highest BCUT2D eigenvalue weighted by atomic mass is 32.2. The zero-order chi connectivity index (χ0) is 28.0. The minimum atomic E-state index is -1.28. The number of carboxylic acids is 1. The van der Waals surface area contributed by atoms with Gasteiger partial charge in [-0.05, 0) is 40.6 Å². The number of hydrogen-bond donors (Lipinski definition) is 3. The summed E-state index contributed by atoms with van der Waals surface area (Å²) >= 11 is 2.05. The van der Waals surface area contributed by atoms with Crippen LogP contribution in [0.15, 0.2) is 76.6 Å². The molecule has 12 heteroatoms. The van der Waals surface area contributed by atoms with Crippen LogP contribution in [-0.4, -0.2) is 57.1 Å². The molecule has 1 saturated heterocycles. The number of carboxylic acid groups (broad SMARTS) is 1. The number of aromatic amines is 1. The largest absolute Gasteiger partial charge is 0.484 e. The van der Waals surface area contributed by atoms with E-state index in [4.69, 9.17) is 4.74 Å². The second kappa shape index (κ2) is 10.3. The lowest BCUT2D eigenvalue weighted by molar-refractivity contribution is -0.149.